The van der Waals surface area contributed by atoms with Gasteiger partial charge in [-0.25, -0.2) is 0 Å². The molecule has 2 heteroatoms. The highest BCUT2D eigenvalue weighted by Crippen LogP contribution is 2.35. The Morgan fingerprint density at radius 1 is 1.05 bits per heavy atom. The van der Waals surface area contributed by atoms with Crippen LogP contribution in [0, 0.1) is 11.3 Å². The number of hydrogen-bond acceptors (Lipinski definition) is 1. The molecule has 0 saturated carbocycles. The molecule has 2 nitrogen and oxygen atoms in total. The van der Waals surface area contributed by atoms with Crippen LogP contribution in [0.25, 0.3) is 0 Å². The number of nitrogens with zero attached hydrogens (tertiary/aromatic N) is 1. The van der Waals surface area contributed by atoms with Crippen LogP contribution in [-0.2, 0) is 4.79 Å². The molecular weight excluding hydrogens is 258 g/mol. The molecule has 0 aliphatic carbocycles. The molecule has 0 aromatic heterocycles. The van der Waals surface area contributed by atoms with Crippen LogP contribution < -0.4 is 0 Å². The van der Waals surface area contributed by atoms with Crippen LogP contribution in [0.4, 0.5) is 0 Å². The van der Waals surface area contributed by atoms with Crippen molar-refractivity contribution in [1.82, 2.24) is 4.90 Å². The Bertz CT molecular complexity index is 302. The van der Waals surface area contributed by atoms with Crippen LogP contribution in [0.3, 0.4) is 0 Å². The van der Waals surface area contributed by atoms with E-state index >= 15 is 0 Å². The van der Waals surface area contributed by atoms with E-state index in [1.54, 1.807) is 0 Å². The van der Waals surface area contributed by atoms with Gasteiger partial charge < -0.3 is 4.90 Å². The monoisotopic (exact) mass is 295 g/mol. The molecular formula is C19H37NO. The summed E-state index contributed by atoms with van der Waals surface area (Å²) in [6, 6.07) is 0. The molecule has 1 aliphatic heterocycles. The molecule has 1 heterocycles. The van der Waals surface area contributed by atoms with Crippen LogP contribution >= 0.6 is 0 Å². The molecule has 0 aromatic rings. The topological polar surface area (TPSA) is 20.3 Å². The van der Waals surface area contributed by atoms with E-state index in [2.05, 4.69) is 32.6 Å². The largest absolute Gasteiger partial charge is 0.342 e. The zero-order valence-electron chi connectivity index (χ0n) is 14.9. The van der Waals surface area contributed by atoms with Gasteiger partial charge in [-0.15, -0.1) is 0 Å². The molecule has 1 fully saturated rings. The number of unbranched alkanes of at least 4 members (excludes halogenated alkanes) is 5. The smallest absolute Gasteiger partial charge is 0.228 e. The highest BCUT2D eigenvalue weighted by atomic mass is 16.2. The van der Waals surface area contributed by atoms with Crippen molar-refractivity contribution in [3.05, 3.63) is 0 Å². The number of carbonyl (C=O) groups excluding carboxylic acids is 1. The van der Waals surface area contributed by atoms with Crippen LogP contribution in [0.1, 0.15) is 91.9 Å². The summed E-state index contributed by atoms with van der Waals surface area (Å²) >= 11 is 0. The second-order valence-corrected chi connectivity index (χ2v) is 7.47. The van der Waals surface area contributed by atoms with Crippen molar-refractivity contribution in [3.8, 4) is 0 Å². The third-order valence-electron chi connectivity index (χ3n) is 5.14. The van der Waals surface area contributed by atoms with E-state index in [9.17, 15) is 4.79 Å². The number of likely N-dealkylation sites (tertiary alicyclic amines) is 1. The molecule has 0 aromatic carbocycles. The van der Waals surface area contributed by atoms with Crippen molar-refractivity contribution in [2.24, 2.45) is 11.3 Å². The van der Waals surface area contributed by atoms with Crippen LogP contribution in [-0.4, -0.2) is 23.9 Å². The fourth-order valence-corrected chi connectivity index (χ4v) is 3.55. The van der Waals surface area contributed by atoms with Gasteiger partial charge in [-0.1, -0.05) is 72.6 Å². The lowest BCUT2D eigenvalue weighted by molar-refractivity contribution is -0.141. The standard InChI is InChI=1S/C19H37NO/c1-5-7-9-11-14-19(4,13-10-8-6-2)18(21)20-15-12-17(3)16-20/h17H,5-16H2,1-4H3. The molecule has 2 atom stereocenters. The Labute approximate surface area is 132 Å². The summed E-state index contributed by atoms with van der Waals surface area (Å²) in [7, 11) is 0. The van der Waals surface area contributed by atoms with Gasteiger partial charge in [0.05, 0.1) is 0 Å². The normalized spacial score (nSPS) is 21.5. The zero-order chi connectivity index (χ0) is 15.7. The highest BCUT2D eigenvalue weighted by Gasteiger charge is 2.37. The second kappa shape index (κ2) is 9.48. The summed E-state index contributed by atoms with van der Waals surface area (Å²) in [6.45, 7) is 11.0. The van der Waals surface area contributed by atoms with E-state index in [1.165, 1.54) is 51.4 Å². The van der Waals surface area contributed by atoms with E-state index in [4.69, 9.17) is 0 Å². The fraction of sp³-hybridized carbons (Fsp3) is 0.947. The summed E-state index contributed by atoms with van der Waals surface area (Å²) in [6.07, 6.45) is 12.1. The lowest BCUT2D eigenvalue weighted by Crippen LogP contribution is -2.41. The Morgan fingerprint density at radius 3 is 2.14 bits per heavy atom. The zero-order valence-corrected chi connectivity index (χ0v) is 14.9. The molecule has 0 bridgehead atoms. The Balaban J connectivity index is 2.58. The first-order valence-corrected chi connectivity index (χ1v) is 9.33. The minimum absolute atomic E-state index is 0.104. The first kappa shape index (κ1) is 18.5. The van der Waals surface area contributed by atoms with Gasteiger partial charge in [-0.3, -0.25) is 4.79 Å². The van der Waals surface area contributed by atoms with Gasteiger partial charge in [0, 0.05) is 18.5 Å². The summed E-state index contributed by atoms with van der Waals surface area (Å²) in [5, 5.41) is 0. The van der Waals surface area contributed by atoms with Crippen LogP contribution in [0.15, 0.2) is 0 Å². The molecule has 1 aliphatic rings. The van der Waals surface area contributed by atoms with Gasteiger partial charge in [0.15, 0.2) is 0 Å². The van der Waals surface area contributed by atoms with Gasteiger partial charge in [0.1, 0.15) is 0 Å². The van der Waals surface area contributed by atoms with Gasteiger partial charge >= 0.3 is 0 Å². The maximum atomic E-state index is 13.0. The summed E-state index contributed by atoms with van der Waals surface area (Å²) in [5.41, 5.74) is -0.104. The molecule has 124 valence electrons. The summed E-state index contributed by atoms with van der Waals surface area (Å²) in [4.78, 5) is 15.1. The maximum Gasteiger partial charge on any atom is 0.228 e. The average molecular weight is 296 g/mol. The third kappa shape index (κ3) is 6.00. The molecule has 21 heavy (non-hydrogen) atoms. The van der Waals surface area contributed by atoms with Crippen molar-refractivity contribution >= 4 is 5.91 Å². The van der Waals surface area contributed by atoms with Crippen LogP contribution in [0.2, 0.25) is 0 Å². The lowest BCUT2D eigenvalue weighted by Gasteiger charge is -2.33. The summed E-state index contributed by atoms with van der Waals surface area (Å²) < 4.78 is 0. The minimum atomic E-state index is -0.104. The lowest BCUT2D eigenvalue weighted by atomic mass is 9.78. The maximum absolute atomic E-state index is 13.0. The molecule has 1 amide bonds. The van der Waals surface area contributed by atoms with Crippen molar-refractivity contribution in [2.45, 2.75) is 91.9 Å². The molecule has 1 rings (SSSR count). The molecule has 0 N–H and O–H groups in total. The van der Waals surface area contributed by atoms with E-state index in [-0.39, 0.29) is 5.41 Å². The SMILES string of the molecule is CCCCCCC(C)(CCCCC)C(=O)N1CCC(C)C1. The number of rotatable bonds is 10. The van der Waals surface area contributed by atoms with Gasteiger partial charge in [0.25, 0.3) is 0 Å². The third-order valence-corrected chi connectivity index (χ3v) is 5.14. The number of hydrogen-bond donors (Lipinski definition) is 0. The molecule has 0 spiro atoms. The quantitative estimate of drug-likeness (QED) is 0.493. The van der Waals surface area contributed by atoms with Crippen molar-refractivity contribution in [3.63, 3.8) is 0 Å². The van der Waals surface area contributed by atoms with Crippen molar-refractivity contribution < 1.29 is 4.79 Å². The van der Waals surface area contributed by atoms with Crippen molar-refractivity contribution in [1.29, 1.82) is 0 Å². The minimum Gasteiger partial charge on any atom is -0.342 e. The van der Waals surface area contributed by atoms with E-state index < -0.39 is 0 Å². The Morgan fingerprint density at radius 2 is 1.62 bits per heavy atom. The predicted octanol–water partition coefficient (Wildman–Crippen LogP) is 5.41. The van der Waals surface area contributed by atoms with E-state index in [1.807, 2.05) is 0 Å². The van der Waals surface area contributed by atoms with Gasteiger partial charge in [-0.2, -0.15) is 0 Å². The Hall–Kier alpha value is -0.530. The van der Waals surface area contributed by atoms with Crippen molar-refractivity contribution in [2.75, 3.05) is 13.1 Å². The Kier molecular flexibility index (Phi) is 8.36. The fourth-order valence-electron chi connectivity index (χ4n) is 3.55. The number of amides is 1. The summed E-state index contributed by atoms with van der Waals surface area (Å²) in [5.74, 6) is 1.13. The molecule has 1 saturated heterocycles. The van der Waals surface area contributed by atoms with E-state index in [0.717, 1.165) is 25.9 Å². The average Bonchev–Trinajstić information content (AvgIpc) is 2.89. The molecule has 0 radical (unpaired) electrons. The van der Waals surface area contributed by atoms with Gasteiger partial charge in [0.2, 0.25) is 5.91 Å². The predicted molar refractivity (Wildman–Crippen MR) is 91.4 cm³/mol. The number of carbonyl (C=O) groups is 1. The van der Waals surface area contributed by atoms with Gasteiger partial charge in [-0.05, 0) is 25.2 Å². The van der Waals surface area contributed by atoms with E-state index in [0.29, 0.717) is 11.8 Å². The second-order valence-electron chi connectivity index (χ2n) is 7.47. The molecule has 2 unspecified atom stereocenters. The van der Waals surface area contributed by atoms with Crippen LogP contribution in [0.5, 0.6) is 0 Å². The first-order chi connectivity index (χ1) is 10.0. The highest BCUT2D eigenvalue weighted by molar-refractivity contribution is 5.82. The first-order valence-electron chi connectivity index (χ1n) is 9.33.